The minimum Gasteiger partial charge on any atom is -0.347 e. The molecule has 3 aromatic heterocycles. The van der Waals surface area contributed by atoms with Crippen LogP contribution in [-0.4, -0.2) is 37.4 Å². The maximum atomic E-state index is 12.5. The summed E-state index contributed by atoms with van der Waals surface area (Å²) in [5.41, 5.74) is 1.41. The highest BCUT2D eigenvalue weighted by molar-refractivity contribution is 7.12. The molecule has 0 fully saturated rings. The fourth-order valence-corrected chi connectivity index (χ4v) is 3.78. The molecule has 3 aromatic rings. The minimum absolute atomic E-state index is 0.0489. The maximum absolute atomic E-state index is 12.5. The van der Waals surface area contributed by atoms with Crippen molar-refractivity contribution in [1.82, 2.24) is 24.3 Å². The first-order valence-corrected chi connectivity index (χ1v) is 9.27. The van der Waals surface area contributed by atoms with Crippen LogP contribution in [0.25, 0.3) is 0 Å². The SMILES string of the molecule is Cn1cccc1C(=O)NCc1cn2c(n1)CN(C(=O)c1cccs1)CC2. The van der Waals surface area contributed by atoms with E-state index in [0.29, 0.717) is 31.9 Å². The lowest BCUT2D eigenvalue weighted by molar-refractivity contribution is 0.0712. The third-order valence-electron chi connectivity index (χ3n) is 4.48. The highest BCUT2D eigenvalue weighted by atomic mass is 32.1. The van der Waals surface area contributed by atoms with E-state index in [1.165, 1.54) is 11.3 Å². The molecule has 0 saturated carbocycles. The Labute approximate surface area is 154 Å². The summed E-state index contributed by atoms with van der Waals surface area (Å²) >= 11 is 1.45. The van der Waals surface area contributed by atoms with Crippen molar-refractivity contribution in [3.05, 3.63) is 64.1 Å². The summed E-state index contributed by atoms with van der Waals surface area (Å²) in [5, 5.41) is 4.80. The molecule has 7 nitrogen and oxygen atoms in total. The zero-order valence-corrected chi connectivity index (χ0v) is 15.2. The number of aromatic nitrogens is 3. The molecule has 0 aromatic carbocycles. The van der Waals surface area contributed by atoms with Crippen molar-refractivity contribution in [2.45, 2.75) is 19.6 Å². The summed E-state index contributed by atoms with van der Waals surface area (Å²) in [6, 6.07) is 7.35. The van der Waals surface area contributed by atoms with Gasteiger partial charge in [-0.1, -0.05) is 6.07 Å². The van der Waals surface area contributed by atoms with Gasteiger partial charge in [0.25, 0.3) is 11.8 Å². The molecule has 0 spiro atoms. The number of rotatable bonds is 4. The van der Waals surface area contributed by atoms with Crippen LogP contribution >= 0.6 is 11.3 Å². The highest BCUT2D eigenvalue weighted by Crippen LogP contribution is 2.18. The molecule has 1 aliphatic rings. The molecule has 134 valence electrons. The molecule has 0 saturated heterocycles. The summed E-state index contributed by atoms with van der Waals surface area (Å²) in [5.74, 6) is 0.773. The van der Waals surface area contributed by atoms with Gasteiger partial charge in [0.15, 0.2) is 0 Å². The number of thiophene rings is 1. The van der Waals surface area contributed by atoms with Crippen molar-refractivity contribution in [3.8, 4) is 0 Å². The third kappa shape index (κ3) is 3.15. The third-order valence-corrected chi connectivity index (χ3v) is 5.34. The van der Waals surface area contributed by atoms with E-state index in [4.69, 9.17) is 0 Å². The highest BCUT2D eigenvalue weighted by Gasteiger charge is 2.24. The maximum Gasteiger partial charge on any atom is 0.268 e. The average Bonchev–Trinajstić information content (AvgIpc) is 3.38. The zero-order chi connectivity index (χ0) is 18.1. The summed E-state index contributed by atoms with van der Waals surface area (Å²) in [7, 11) is 1.84. The first-order chi connectivity index (χ1) is 12.6. The number of hydrogen-bond acceptors (Lipinski definition) is 4. The van der Waals surface area contributed by atoms with E-state index in [9.17, 15) is 9.59 Å². The van der Waals surface area contributed by atoms with Gasteiger partial charge in [0.2, 0.25) is 0 Å². The quantitative estimate of drug-likeness (QED) is 0.763. The van der Waals surface area contributed by atoms with Crippen molar-refractivity contribution in [3.63, 3.8) is 0 Å². The number of aryl methyl sites for hydroxylation is 1. The van der Waals surface area contributed by atoms with Crippen LogP contribution in [0, 0.1) is 0 Å². The summed E-state index contributed by atoms with van der Waals surface area (Å²) in [6.07, 6.45) is 3.79. The van der Waals surface area contributed by atoms with Crippen LogP contribution < -0.4 is 5.32 Å². The van der Waals surface area contributed by atoms with Gasteiger partial charge >= 0.3 is 0 Å². The van der Waals surface area contributed by atoms with Gasteiger partial charge < -0.3 is 19.4 Å². The molecule has 8 heteroatoms. The van der Waals surface area contributed by atoms with Crippen molar-refractivity contribution in [2.24, 2.45) is 7.05 Å². The van der Waals surface area contributed by atoms with Gasteiger partial charge in [-0.25, -0.2) is 4.98 Å². The van der Waals surface area contributed by atoms with E-state index >= 15 is 0 Å². The fourth-order valence-electron chi connectivity index (χ4n) is 3.08. The van der Waals surface area contributed by atoms with E-state index in [-0.39, 0.29) is 11.8 Å². The summed E-state index contributed by atoms with van der Waals surface area (Å²) in [6.45, 7) is 2.23. The van der Waals surface area contributed by atoms with Gasteiger partial charge in [-0.15, -0.1) is 11.3 Å². The van der Waals surface area contributed by atoms with Crippen LogP contribution in [-0.2, 0) is 26.7 Å². The van der Waals surface area contributed by atoms with Crippen LogP contribution in [0.2, 0.25) is 0 Å². The Hall–Kier alpha value is -2.87. The second-order valence-electron chi connectivity index (χ2n) is 6.23. The van der Waals surface area contributed by atoms with E-state index in [2.05, 4.69) is 14.9 Å². The molecule has 0 radical (unpaired) electrons. The molecular formula is C18H19N5O2S. The number of hydrogen-bond donors (Lipinski definition) is 1. The molecule has 0 unspecified atom stereocenters. The van der Waals surface area contributed by atoms with E-state index in [1.54, 1.807) is 10.6 Å². The van der Waals surface area contributed by atoms with Crippen LogP contribution in [0.1, 0.15) is 31.7 Å². The monoisotopic (exact) mass is 369 g/mol. The Kier molecular flexibility index (Phi) is 4.34. The topological polar surface area (TPSA) is 72.2 Å². The summed E-state index contributed by atoms with van der Waals surface area (Å²) < 4.78 is 3.84. The van der Waals surface area contributed by atoms with Gasteiger partial charge in [0, 0.05) is 32.5 Å². The Morgan fingerprint density at radius 2 is 2.15 bits per heavy atom. The lowest BCUT2D eigenvalue weighted by Crippen LogP contribution is -2.37. The Bertz CT molecular complexity index is 941. The van der Waals surface area contributed by atoms with Crippen LogP contribution in [0.3, 0.4) is 0 Å². The first-order valence-electron chi connectivity index (χ1n) is 8.39. The fraction of sp³-hybridized carbons (Fsp3) is 0.278. The van der Waals surface area contributed by atoms with Gasteiger partial charge in [0.05, 0.1) is 23.7 Å². The predicted molar refractivity (Wildman–Crippen MR) is 97.9 cm³/mol. The van der Waals surface area contributed by atoms with Crippen molar-refractivity contribution >= 4 is 23.2 Å². The Morgan fingerprint density at radius 3 is 2.88 bits per heavy atom. The molecule has 0 atom stereocenters. The standard InChI is InChI=1S/C18H19N5O2S/c1-21-6-2-4-14(21)17(24)19-10-13-11-22-7-8-23(12-16(22)20-13)18(25)15-5-3-9-26-15/h2-6,9,11H,7-8,10,12H2,1H3,(H,19,24). The number of nitrogens with one attached hydrogen (secondary N) is 1. The number of carbonyl (C=O) groups excluding carboxylic acids is 2. The summed E-state index contributed by atoms with van der Waals surface area (Å²) in [4.78, 5) is 31.9. The van der Waals surface area contributed by atoms with Gasteiger partial charge in [-0.3, -0.25) is 9.59 Å². The van der Waals surface area contributed by atoms with E-state index in [1.807, 2.05) is 47.9 Å². The van der Waals surface area contributed by atoms with Gasteiger partial charge in [-0.05, 0) is 23.6 Å². The van der Waals surface area contributed by atoms with Gasteiger partial charge in [0.1, 0.15) is 11.5 Å². The molecule has 0 aliphatic carbocycles. The van der Waals surface area contributed by atoms with Crippen molar-refractivity contribution < 1.29 is 9.59 Å². The Balaban J connectivity index is 1.41. The second-order valence-corrected chi connectivity index (χ2v) is 7.18. The first kappa shape index (κ1) is 16.6. The lowest BCUT2D eigenvalue weighted by atomic mass is 10.3. The second kappa shape index (κ2) is 6.80. The molecular weight excluding hydrogens is 350 g/mol. The molecule has 4 heterocycles. The lowest BCUT2D eigenvalue weighted by Gasteiger charge is -2.27. The molecule has 1 aliphatic heterocycles. The zero-order valence-electron chi connectivity index (χ0n) is 14.4. The average molecular weight is 369 g/mol. The number of carbonyl (C=O) groups is 2. The minimum atomic E-state index is -0.127. The smallest absolute Gasteiger partial charge is 0.268 e. The number of imidazole rings is 1. The molecule has 4 rings (SSSR count). The van der Waals surface area contributed by atoms with E-state index < -0.39 is 0 Å². The van der Waals surface area contributed by atoms with E-state index in [0.717, 1.165) is 16.4 Å². The Morgan fingerprint density at radius 1 is 1.27 bits per heavy atom. The molecule has 2 amide bonds. The molecule has 26 heavy (non-hydrogen) atoms. The molecule has 1 N–H and O–H groups in total. The molecule has 0 bridgehead atoms. The van der Waals surface area contributed by atoms with Gasteiger partial charge in [-0.2, -0.15) is 0 Å². The van der Waals surface area contributed by atoms with Crippen LogP contribution in [0.5, 0.6) is 0 Å². The van der Waals surface area contributed by atoms with Crippen molar-refractivity contribution in [1.29, 1.82) is 0 Å². The predicted octanol–water partition coefficient (Wildman–Crippen LogP) is 1.87. The normalized spacial score (nSPS) is 13.5. The largest absolute Gasteiger partial charge is 0.347 e. The number of amides is 2. The van der Waals surface area contributed by atoms with Crippen molar-refractivity contribution in [2.75, 3.05) is 6.54 Å². The number of fused-ring (bicyclic) bond motifs is 1. The van der Waals surface area contributed by atoms with Crippen LogP contribution in [0.4, 0.5) is 0 Å². The van der Waals surface area contributed by atoms with Crippen LogP contribution in [0.15, 0.2) is 42.0 Å². The number of nitrogens with zero attached hydrogens (tertiary/aromatic N) is 4.